The third kappa shape index (κ3) is 3.02. The number of rotatable bonds is 4. The van der Waals surface area contributed by atoms with Gasteiger partial charge in [-0.05, 0) is 24.7 Å². The average molecular weight is 285 g/mol. The third-order valence-electron chi connectivity index (χ3n) is 3.84. The molecule has 8 heteroatoms. The van der Waals surface area contributed by atoms with Crippen molar-refractivity contribution in [3.8, 4) is 0 Å². The van der Waals surface area contributed by atoms with Gasteiger partial charge in [-0.25, -0.2) is 29.0 Å². The van der Waals surface area contributed by atoms with E-state index in [1.54, 1.807) is 0 Å². The van der Waals surface area contributed by atoms with E-state index in [4.69, 9.17) is 5.84 Å². The molecule has 0 spiro atoms. The van der Waals surface area contributed by atoms with E-state index in [-0.39, 0.29) is 16.9 Å². The lowest BCUT2D eigenvalue weighted by Crippen LogP contribution is -2.37. The van der Waals surface area contributed by atoms with Crippen LogP contribution in [-0.2, 0) is 10.0 Å². The van der Waals surface area contributed by atoms with Gasteiger partial charge in [0.2, 0.25) is 16.0 Å². The number of nitrogens with one attached hydrogen (secondary N) is 2. The normalized spacial score (nSPS) is 27.4. The summed E-state index contributed by atoms with van der Waals surface area (Å²) in [5.74, 6) is 6.19. The summed E-state index contributed by atoms with van der Waals surface area (Å²) in [5.41, 5.74) is 2.25. The van der Waals surface area contributed by atoms with Crippen LogP contribution in [0.1, 0.15) is 26.7 Å². The number of hydrogen-bond acceptors (Lipinski definition) is 6. The van der Waals surface area contributed by atoms with E-state index in [9.17, 15) is 8.42 Å². The van der Waals surface area contributed by atoms with Crippen LogP contribution in [0.5, 0.6) is 0 Å². The van der Waals surface area contributed by atoms with Crippen LogP contribution >= 0.6 is 0 Å². The first-order valence-electron chi connectivity index (χ1n) is 6.25. The van der Waals surface area contributed by atoms with Crippen molar-refractivity contribution in [2.75, 3.05) is 5.43 Å². The van der Waals surface area contributed by atoms with Crippen LogP contribution in [0.15, 0.2) is 17.3 Å². The summed E-state index contributed by atoms with van der Waals surface area (Å²) >= 11 is 0. The smallest absolute Gasteiger partial charge is 0.243 e. The number of nitrogens with zero attached hydrogens (tertiary/aromatic N) is 2. The fourth-order valence-electron chi connectivity index (χ4n) is 2.33. The maximum Gasteiger partial charge on any atom is 0.243 e. The minimum Gasteiger partial charge on any atom is -0.292 e. The van der Waals surface area contributed by atoms with Crippen molar-refractivity contribution in [3.05, 3.63) is 12.4 Å². The predicted octanol–water partition coefficient (Wildman–Crippen LogP) is 0.475. The molecule has 1 heterocycles. The Balaban J connectivity index is 2.13. The SMILES string of the molecule is CC1CCC(NS(=O)(=O)c2cnc(NN)nc2)C1C. The quantitative estimate of drug-likeness (QED) is 0.548. The van der Waals surface area contributed by atoms with Crippen molar-refractivity contribution in [2.45, 2.75) is 37.6 Å². The number of hydrogen-bond donors (Lipinski definition) is 3. The Labute approximate surface area is 113 Å². The van der Waals surface area contributed by atoms with Crippen LogP contribution in [0.4, 0.5) is 5.95 Å². The number of aromatic nitrogens is 2. The summed E-state index contributed by atoms with van der Waals surface area (Å²) in [6, 6.07) is -0.0210. The molecule has 0 amide bonds. The second kappa shape index (κ2) is 5.40. The van der Waals surface area contributed by atoms with E-state index < -0.39 is 10.0 Å². The Morgan fingerprint density at radius 3 is 2.37 bits per heavy atom. The monoisotopic (exact) mass is 285 g/mol. The highest BCUT2D eigenvalue weighted by molar-refractivity contribution is 7.89. The summed E-state index contributed by atoms with van der Waals surface area (Å²) in [7, 11) is -3.57. The first-order valence-corrected chi connectivity index (χ1v) is 7.73. The van der Waals surface area contributed by atoms with Gasteiger partial charge < -0.3 is 0 Å². The van der Waals surface area contributed by atoms with E-state index in [2.05, 4.69) is 34.0 Å². The van der Waals surface area contributed by atoms with Gasteiger partial charge in [0, 0.05) is 6.04 Å². The number of nitrogen functional groups attached to an aromatic ring is 1. The Bertz CT molecular complexity index is 531. The molecular formula is C11H19N5O2S. The van der Waals surface area contributed by atoms with Crippen molar-refractivity contribution in [1.82, 2.24) is 14.7 Å². The summed E-state index contributed by atoms with van der Waals surface area (Å²) in [4.78, 5) is 7.67. The molecule has 1 aromatic rings. The topological polar surface area (TPSA) is 110 Å². The zero-order valence-electron chi connectivity index (χ0n) is 11.0. The van der Waals surface area contributed by atoms with Gasteiger partial charge in [0.15, 0.2) is 0 Å². The molecule has 0 saturated heterocycles. The number of sulfonamides is 1. The Morgan fingerprint density at radius 1 is 1.26 bits per heavy atom. The molecule has 0 radical (unpaired) electrons. The molecule has 1 fully saturated rings. The van der Waals surface area contributed by atoms with Gasteiger partial charge in [0.05, 0.1) is 12.4 Å². The van der Waals surface area contributed by atoms with E-state index in [0.29, 0.717) is 11.8 Å². The molecule has 4 N–H and O–H groups in total. The zero-order chi connectivity index (χ0) is 14.0. The lowest BCUT2D eigenvalue weighted by Gasteiger charge is -2.19. The predicted molar refractivity (Wildman–Crippen MR) is 71.5 cm³/mol. The van der Waals surface area contributed by atoms with E-state index in [1.165, 1.54) is 12.4 Å². The second-order valence-electron chi connectivity index (χ2n) is 5.03. The van der Waals surface area contributed by atoms with Crippen molar-refractivity contribution >= 4 is 16.0 Å². The van der Waals surface area contributed by atoms with Crippen LogP contribution in [0.3, 0.4) is 0 Å². The molecule has 7 nitrogen and oxygen atoms in total. The molecule has 2 rings (SSSR count). The highest BCUT2D eigenvalue weighted by Gasteiger charge is 2.33. The Morgan fingerprint density at radius 2 is 1.89 bits per heavy atom. The minimum atomic E-state index is -3.57. The molecule has 1 aliphatic carbocycles. The van der Waals surface area contributed by atoms with Gasteiger partial charge in [-0.3, -0.25) is 5.43 Å². The molecule has 106 valence electrons. The van der Waals surface area contributed by atoms with Gasteiger partial charge in [-0.15, -0.1) is 0 Å². The molecule has 19 heavy (non-hydrogen) atoms. The molecule has 0 bridgehead atoms. The van der Waals surface area contributed by atoms with Gasteiger partial charge in [0.25, 0.3) is 0 Å². The highest BCUT2D eigenvalue weighted by atomic mass is 32.2. The Kier molecular flexibility index (Phi) is 4.02. The summed E-state index contributed by atoms with van der Waals surface area (Å²) in [5, 5.41) is 0. The third-order valence-corrected chi connectivity index (χ3v) is 5.28. The van der Waals surface area contributed by atoms with Gasteiger partial charge >= 0.3 is 0 Å². The average Bonchev–Trinajstić information content (AvgIpc) is 2.70. The largest absolute Gasteiger partial charge is 0.292 e. The first-order chi connectivity index (χ1) is 8.94. The maximum atomic E-state index is 12.2. The molecule has 0 aliphatic heterocycles. The Hall–Kier alpha value is -1.25. The lowest BCUT2D eigenvalue weighted by molar-refractivity contribution is 0.402. The standard InChI is InChI=1S/C11H19N5O2S/c1-7-3-4-10(8(7)2)16-19(17,18)9-5-13-11(15-12)14-6-9/h5-8,10,16H,3-4,12H2,1-2H3,(H,13,14,15). The lowest BCUT2D eigenvalue weighted by atomic mass is 9.98. The molecule has 1 aromatic heterocycles. The summed E-state index contributed by atoms with van der Waals surface area (Å²) < 4.78 is 27.1. The zero-order valence-corrected chi connectivity index (χ0v) is 11.8. The van der Waals surface area contributed by atoms with E-state index in [0.717, 1.165) is 12.8 Å². The van der Waals surface area contributed by atoms with E-state index in [1.807, 2.05) is 0 Å². The van der Waals surface area contributed by atoms with Crippen molar-refractivity contribution in [2.24, 2.45) is 17.7 Å². The van der Waals surface area contributed by atoms with Crippen molar-refractivity contribution in [1.29, 1.82) is 0 Å². The van der Waals surface area contributed by atoms with Crippen LogP contribution in [-0.4, -0.2) is 24.4 Å². The van der Waals surface area contributed by atoms with Crippen molar-refractivity contribution < 1.29 is 8.42 Å². The molecule has 3 unspecified atom stereocenters. The van der Waals surface area contributed by atoms with Crippen LogP contribution in [0, 0.1) is 11.8 Å². The van der Waals surface area contributed by atoms with Crippen LogP contribution in [0.2, 0.25) is 0 Å². The van der Waals surface area contributed by atoms with Gasteiger partial charge in [-0.1, -0.05) is 13.8 Å². The van der Waals surface area contributed by atoms with Crippen molar-refractivity contribution in [3.63, 3.8) is 0 Å². The van der Waals surface area contributed by atoms with Gasteiger partial charge in [0.1, 0.15) is 4.90 Å². The first kappa shape index (κ1) is 14.2. The fraction of sp³-hybridized carbons (Fsp3) is 0.636. The summed E-state index contributed by atoms with van der Waals surface area (Å²) in [6.45, 7) is 4.21. The molecule has 1 saturated carbocycles. The van der Waals surface area contributed by atoms with E-state index >= 15 is 0 Å². The molecular weight excluding hydrogens is 266 g/mol. The number of anilines is 1. The molecule has 3 atom stereocenters. The molecule has 1 aliphatic rings. The number of nitrogens with two attached hydrogens (primary N) is 1. The van der Waals surface area contributed by atoms with Crippen LogP contribution < -0.4 is 16.0 Å². The second-order valence-corrected chi connectivity index (χ2v) is 6.74. The number of hydrazine groups is 1. The fourth-order valence-corrected chi connectivity index (χ4v) is 3.58. The molecule has 0 aromatic carbocycles. The van der Waals surface area contributed by atoms with Crippen LogP contribution in [0.25, 0.3) is 0 Å². The minimum absolute atomic E-state index is 0.0210. The highest BCUT2D eigenvalue weighted by Crippen LogP contribution is 2.31. The summed E-state index contributed by atoms with van der Waals surface area (Å²) in [6.07, 6.45) is 4.40. The van der Waals surface area contributed by atoms with Gasteiger partial charge in [-0.2, -0.15) is 0 Å². The maximum absolute atomic E-state index is 12.2.